The molecule has 18 heavy (non-hydrogen) atoms. The van der Waals surface area contributed by atoms with Crippen LogP contribution in [0.1, 0.15) is 18.7 Å². The lowest BCUT2D eigenvalue weighted by Crippen LogP contribution is -2.18. The second kappa shape index (κ2) is 5.08. The van der Waals surface area contributed by atoms with Crippen LogP contribution in [0.3, 0.4) is 0 Å². The SMILES string of the molecule is Clc1ccccc1-c1noc(CN2CCCC2)n1. The standard InChI is InChI=1S/C13H14ClN3O/c14-11-6-2-1-5-10(11)13-15-12(18-16-13)9-17-7-3-4-8-17/h1-2,5-6H,3-4,7-9H2. The fourth-order valence-corrected chi connectivity index (χ4v) is 2.42. The average molecular weight is 264 g/mol. The summed E-state index contributed by atoms with van der Waals surface area (Å²) in [6, 6.07) is 7.52. The quantitative estimate of drug-likeness (QED) is 0.854. The molecule has 1 aliphatic heterocycles. The number of benzene rings is 1. The third-order valence-electron chi connectivity index (χ3n) is 3.14. The number of likely N-dealkylation sites (tertiary alicyclic amines) is 1. The normalized spacial score (nSPS) is 16.3. The van der Waals surface area contributed by atoms with E-state index >= 15 is 0 Å². The molecular formula is C13H14ClN3O. The van der Waals surface area contributed by atoms with E-state index in [0.29, 0.717) is 16.7 Å². The van der Waals surface area contributed by atoms with Crippen molar-refractivity contribution in [3.63, 3.8) is 0 Å². The molecule has 0 bridgehead atoms. The van der Waals surface area contributed by atoms with Crippen LogP contribution < -0.4 is 0 Å². The summed E-state index contributed by atoms with van der Waals surface area (Å²) >= 11 is 6.11. The molecule has 0 atom stereocenters. The van der Waals surface area contributed by atoms with Crippen LogP contribution in [0.2, 0.25) is 5.02 Å². The monoisotopic (exact) mass is 263 g/mol. The summed E-state index contributed by atoms with van der Waals surface area (Å²) < 4.78 is 5.27. The molecule has 0 N–H and O–H groups in total. The maximum absolute atomic E-state index is 6.11. The van der Waals surface area contributed by atoms with Gasteiger partial charge in [-0.25, -0.2) is 0 Å². The van der Waals surface area contributed by atoms with Gasteiger partial charge in [-0.3, -0.25) is 4.90 Å². The van der Waals surface area contributed by atoms with Crippen LogP contribution in [0.25, 0.3) is 11.4 Å². The zero-order valence-corrected chi connectivity index (χ0v) is 10.7. The van der Waals surface area contributed by atoms with Crippen molar-refractivity contribution in [3.05, 3.63) is 35.2 Å². The first-order valence-corrected chi connectivity index (χ1v) is 6.50. The minimum atomic E-state index is 0.565. The van der Waals surface area contributed by atoms with E-state index in [-0.39, 0.29) is 0 Å². The van der Waals surface area contributed by atoms with E-state index in [1.54, 1.807) is 0 Å². The Kier molecular flexibility index (Phi) is 3.30. The van der Waals surface area contributed by atoms with E-state index in [2.05, 4.69) is 15.0 Å². The zero-order chi connectivity index (χ0) is 12.4. The fraction of sp³-hybridized carbons (Fsp3) is 0.385. The molecule has 1 fully saturated rings. The van der Waals surface area contributed by atoms with Crippen molar-refractivity contribution in [2.75, 3.05) is 13.1 Å². The zero-order valence-electron chi connectivity index (χ0n) is 9.97. The smallest absolute Gasteiger partial charge is 0.241 e. The van der Waals surface area contributed by atoms with Crippen LogP contribution in [-0.4, -0.2) is 28.1 Å². The molecule has 1 aliphatic rings. The van der Waals surface area contributed by atoms with E-state index in [0.717, 1.165) is 25.2 Å². The topological polar surface area (TPSA) is 42.2 Å². The van der Waals surface area contributed by atoms with Gasteiger partial charge >= 0.3 is 0 Å². The summed E-state index contributed by atoms with van der Waals surface area (Å²) in [7, 11) is 0. The average Bonchev–Trinajstić information content (AvgIpc) is 3.02. The minimum Gasteiger partial charge on any atom is -0.338 e. The first-order valence-electron chi connectivity index (χ1n) is 6.13. The first kappa shape index (κ1) is 11.7. The number of hydrogen-bond acceptors (Lipinski definition) is 4. The maximum Gasteiger partial charge on any atom is 0.241 e. The lowest BCUT2D eigenvalue weighted by atomic mass is 10.2. The molecule has 3 rings (SSSR count). The highest BCUT2D eigenvalue weighted by atomic mass is 35.5. The van der Waals surface area contributed by atoms with Gasteiger partial charge in [0.2, 0.25) is 11.7 Å². The molecule has 5 heteroatoms. The van der Waals surface area contributed by atoms with Crippen molar-refractivity contribution >= 4 is 11.6 Å². The minimum absolute atomic E-state index is 0.565. The summed E-state index contributed by atoms with van der Waals surface area (Å²) in [5.41, 5.74) is 0.815. The molecule has 1 saturated heterocycles. The van der Waals surface area contributed by atoms with Gasteiger partial charge in [0.25, 0.3) is 0 Å². The number of hydrogen-bond donors (Lipinski definition) is 0. The summed E-state index contributed by atoms with van der Waals surface area (Å²) in [4.78, 5) is 6.72. The van der Waals surface area contributed by atoms with Gasteiger partial charge in [-0.2, -0.15) is 4.98 Å². The van der Waals surface area contributed by atoms with Gasteiger partial charge in [0.1, 0.15) is 0 Å². The Morgan fingerprint density at radius 1 is 1.22 bits per heavy atom. The number of aromatic nitrogens is 2. The molecule has 0 spiro atoms. The molecule has 0 unspecified atom stereocenters. The Bertz CT molecular complexity index is 535. The molecule has 4 nitrogen and oxygen atoms in total. The predicted molar refractivity (Wildman–Crippen MR) is 69.3 cm³/mol. The van der Waals surface area contributed by atoms with E-state index in [1.165, 1.54) is 12.8 Å². The van der Waals surface area contributed by atoms with Gasteiger partial charge < -0.3 is 4.52 Å². The summed E-state index contributed by atoms with van der Waals surface area (Å²) in [5, 5.41) is 4.64. The Morgan fingerprint density at radius 2 is 2.00 bits per heavy atom. The molecule has 1 aromatic carbocycles. The summed E-state index contributed by atoms with van der Waals surface area (Å²) in [6.07, 6.45) is 2.51. The lowest BCUT2D eigenvalue weighted by Gasteiger charge is -2.09. The molecule has 94 valence electrons. The van der Waals surface area contributed by atoms with Crippen LogP contribution in [0.4, 0.5) is 0 Å². The second-order valence-electron chi connectivity index (χ2n) is 4.47. The molecule has 2 heterocycles. The van der Waals surface area contributed by atoms with Crippen molar-refractivity contribution in [2.45, 2.75) is 19.4 Å². The fourth-order valence-electron chi connectivity index (χ4n) is 2.20. The third kappa shape index (κ3) is 2.40. The van der Waals surface area contributed by atoms with Crippen LogP contribution in [0.15, 0.2) is 28.8 Å². The van der Waals surface area contributed by atoms with Crippen molar-refractivity contribution < 1.29 is 4.52 Å². The molecule has 0 saturated carbocycles. The van der Waals surface area contributed by atoms with Gasteiger partial charge in [0.05, 0.1) is 11.6 Å². The van der Waals surface area contributed by atoms with Gasteiger partial charge in [-0.1, -0.05) is 28.9 Å². The highest BCUT2D eigenvalue weighted by Gasteiger charge is 2.16. The molecule has 0 amide bonds. The predicted octanol–water partition coefficient (Wildman–Crippen LogP) is 2.99. The number of nitrogens with zero attached hydrogens (tertiary/aromatic N) is 3. The van der Waals surface area contributed by atoms with Gasteiger partial charge in [-0.15, -0.1) is 0 Å². The summed E-state index contributed by atoms with van der Waals surface area (Å²) in [5.74, 6) is 1.22. The van der Waals surface area contributed by atoms with Crippen LogP contribution in [-0.2, 0) is 6.54 Å². The highest BCUT2D eigenvalue weighted by Crippen LogP contribution is 2.25. The Balaban J connectivity index is 1.79. The van der Waals surface area contributed by atoms with E-state index in [1.807, 2.05) is 24.3 Å². The molecule has 0 aliphatic carbocycles. The number of rotatable bonds is 3. The van der Waals surface area contributed by atoms with E-state index < -0.39 is 0 Å². The Labute approximate surface area is 111 Å². The van der Waals surface area contributed by atoms with Crippen LogP contribution in [0, 0.1) is 0 Å². The molecule has 0 radical (unpaired) electrons. The van der Waals surface area contributed by atoms with E-state index in [9.17, 15) is 0 Å². The molecule has 2 aromatic rings. The first-order chi connectivity index (χ1) is 8.83. The van der Waals surface area contributed by atoms with Crippen LogP contribution in [0.5, 0.6) is 0 Å². The highest BCUT2D eigenvalue weighted by molar-refractivity contribution is 6.33. The maximum atomic E-state index is 6.11. The Hall–Kier alpha value is -1.39. The largest absolute Gasteiger partial charge is 0.338 e. The van der Waals surface area contributed by atoms with Gasteiger partial charge in [0.15, 0.2) is 0 Å². The second-order valence-corrected chi connectivity index (χ2v) is 4.88. The van der Waals surface area contributed by atoms with Crippen molar-refractivity contribution in [1.82, 2.24) is 15.0 Å². The number of halogens is 1. The third-order valence-corrected chi connectivity index (χ3v) is 3.47. The lowest BCUT2D eigenvalue weighted by molar-refractivity contribution is 0.268. The van der Waals surface area contributed by atoms with Crippen molar-refractivity contribution in [2.24, 2.45) is 0 Å². The van der Waals surface area contributed by atoms with E-state index in [4.69, 9.17) is 16.1 Å². The van der Waals surface area contributed by atoms with Crippen LogP contribution >= 0.6 is 11.6 Å². The van der Waals surface area contributed by atoms with Crippen molar-refractivity contribution in [1.29, 1.82) is 0 Å². The van der Waals surface area contributed by atoms with Crippen molar-refractivity contribution in [3.8, 4) is 11.4 Å². The molecule has 1 aromatic heterocycles. The van der Waals surface area contributed by atoms with Gasteiger partial charge in [0, 0.05) is 5.56 Å². The Morgan fingerprint density at radius 3 is 2.78 bits per heavy atom. The summed E-state index contributed by atoms with van der Waals surface area (Å²) in [6.45, 7) is 2.96. The molecular weight excluding hydrogens is 250 g/mol. The van der Waals surface area contributed by atoms with Gasteiger partial charge in [-0.05, 0) is 38.1 Å².